The van der Waals surface area contributed by atoms with Gasteiger partial charge in [0.15, 0.2) is 0 Å². The molecule has 0 atom stereocenters. The molecular formula is C24H24N2O3. The molecule has 0 saturated carbocycles. The summed E-state index contributed by atoms with van der Waals surface area (Å²) >= 11 is 0. The van der Waals surface area contributed by atoms with Crippen LogP contribution in [0.3, 0.4) is 0 Å². The first-order chi connectivity index (χ1) is 14.0. The molecule has 0 aliphatic carbocycles. The van der Waals surface area contributed by atoms with Gasteiger partial charge in [0.25, 0.3) is 5.91 Å². The van der Waals surface area contributed by atoms with Crippen LogP contribution < -0.4 is 4.90 Å². The van der Waals surface area contributed by atoms with Crippen LogP contribution in [-0.4, -0.2) is 31.0 Å². The van der Waals surface area contributed by atoms with Gasteiger partial charge in [0.1, 0.15) is 6.61 Å². The standard InChI is InChI=1S/C24H24N2O3/c1-25(17-19-9-5-3-6-10-19)23(27)21-13-15-22(16-14-21)26(2)24(28)29-18-20-11-7-4-8-12-20/h3-16H,17-18H2,1-2H3. The summed E-state index contributed by atoms with van der Waals surface area (Å²) < 4.78 is 5.34. The van der Waals surface area contributed by atoms with E-state index in [1.807, 2.05) is 60.7 Å². The molecule has 0 radical (unpaired) electrons. The summed E-state index contributed by atoms with van der Waals surface area (Å²) in [6, 6.07) is 26.3. The normalized spacial score (nSPS) is 10.3. The molecular weight excluding hydrogens is 364 g/mol. The molecule has 5 nitrogen and oxygen atoms in total. The number of anilines is 1. The molecule has 0 unspecified atom stereocenters. The van der Waals surface area contributed by atoms with E-state index in [0.29, 0.717) is 17.8 Å². The highest BCUT2D eigenvalue weighted by atomic mass is 16.6. The van der Waals surface area contributed by atoms with E-state index < -0.39 is 6.09 Å². The zero-order valence-electron chi connectivity index (χ0n) is 16.6. The molecule has 29 heavy (non-hydrogen) atoms. The lowest BCUT2D eigenvalue weighted by molar-refractivity contribution is 0.0785. The molecule has 3 rings (SSSR count). The number of carbonyl (C=O) groups excluding carboxylic acids is 2. The molecule has 0 aliphatic heterocycles. The Balaban J connectivity index is 1.58. The topological polar surface area (TPSA) is 49.9 Å². The van der Waals surface area contributed by atoms with Gasteiger partial charge in [0.05, 0.1) is 0 Å². The minimum absolute atomic E-state index is 0.0743. The Hall–Kier alpha value is -3.60. The number of ether oxygens (including phenoxy) is 1. The van der Waals surface area contributed by atoms with Crippen LogP contribution in [0, 0.1) is 0 Å². The van der Waals surface area contributed by atoms with E-state index in [1.165, 1.54) is 4.90 Å². The molecule has 0 spiro atoms. The Bertz CT molecular complexity index is 941. The Morgan fingerprint density at radius 2 is 1.31 bits per heavy atom. The third-order valence-corrected chi connectivity index (χ3v) is 4.59. The highest BCUT2D eigenvalue weighted by Gasteiger charge is 2.15. The van der Waals surface area contributed by atoms with Gasteiger partial charge in [-0.25, -0.2) is 4.79 Å². The van der Waals surface area contributed by atoms with Gasteiger partial charge < -0.3 is 9.64 Å². The number of rotatable bonds is 6. The first kappa shape index (κ1) is 20.1. The fourth-order valence-electron chi connectivity index (χ4n) is 2.90. The van der Waals surface area contributed by atoms with Crippen molar-refractivity contribution in [1.82, 2.24) is 4.90 Å². The van der Waals surface area contributed by atoms with Crippen molar-refractivity contribution in [1.29, 1.82) is 0 Å². The predicted octanol–water partition coefficient (Wildman–Crippen LogP) is 4.73. The average molecular weight is 388 g/mol. The quantitative estimate of drug-likeness (QED) is 0.613. The second kappa shape index (κ2) is 9.55. The van der Waals surface area contributed by atoms with Crippen LogP contribution >= 0.6 is 0 Å². The predicted molar refractivity (Wildman–Crippen MR) is 114 cm³/mol. The Kier molecular flexibility index (Phi) is 6.63. The molecule has 0 fully saturated rings. The van der Waals surface area contributed by atoms with Gasteiger partial charge >= 0.3 is 6.09 Å². The van der Waals surface area contributed by atoms with E-state index >= 15 is 0 Å². The van der Waals surface area contributed by atoms with E-state index in [2.05, 4.69) is 0 Å². The SMILES string of the molecule is CN(Cc1ccccc1)C(=O)c1ccc(N(C)C(=O)OCc2ccccc2)cc1. The summed E-state index contributed by atoms with van der Waals surface area (Å²) in [6.45, 7) is 0.748. The Labute approximate surface area is 171 Å². The van der Waals surface area contributed by atoms with Crippen molar-refractivity contribution in [3.05, 3.63) is 102 Å². The van der Waals surface area contributed by atoms with E-state index in [4.69, 9.17) is 4.74 Å². The number of hydrogen-bond donors (Lipinski definition) is 0. The van der Waals surface area contributed by atoms with E-state index in [9.17, 15) is 9.59 Å². The minimum Gasteiger partial charge on any atom is -0.444 e. The summed E-state index contributed by atoms with van der Waals surface area (Å²) in [5.74, 6) is -0.0743. The molecule has 3 aromatic rings. The monoisotopic (exact) mass is 388 g/mol. The van der Waals surface area contributed by atoms with Crippen LogP contribution in [-0.2, 0) is 17.9 Å². The molecule has 0 aliphatic rings. The maximum absolute atomic E-state index is 12.6. The van der Waals surface area contributed by atoms with Crippen LogP contribution in [0.2, 0.25) is 0 Å². The summed E-state index contributed by atoms with van der Waals surface area (Å²) in [5, 5.41) is 0. The van der Waals surface area contributed by atoms with Crippen molar-refractivity contribution in [2.45, 2.75) is 13.2 Å². The Morgan fingerprint density at radius 1 is 0.759 bits per heavy atom. The summed E-state index contributed by atoms with van der Waals surface area (Å²) in [5.41, 5.74) is 3.22. The second-order valence-corrected chi connectivity index (χ2v) is 6.79. The summed E-state index contributed by atoms with van der Waals surface area (Å²) in [7, 11) is 3.42. The lowest BCUT2D eigenvalue weighted by Gasteiger charge is -2.19. The van der Waals surface area contributed by atoms with Gasteiger partial charge in [0.2, 0.25) is 0 Å². The van der Waals surface area contributed by atoms with Crippen LogP contribution in [0.5, 0.6) is 0 Å². The second-order valence-electron chi connectivity index (χ2n) is 6.79. The number of benzene rings is 3. The van der Waals surface area contributed by atoms with Gasteiger partial charge in [0, 0.05) is 31.9 Å². The van der Waals surface area contributed by atoms with E-state index in [-0.39, 0.29) is 12.5 Å². The van der Waals surface area contributed by atoms with E-state index in [0.717, 1.165) is 11.1 Å². The third kappa shape index (κ3) is 5.45. The molecule has 0 heterocycles. The van der Waals surface area contributed by atoms with Crippen LogP contribution in [0.4, 0.5) is 10.5 Å². The van der Waals surface area contributed by atoms with Gasteiger partial charge in [-0.15, -0.1) is 0 Å². The Morgan fingerprint density at radius 3 is 1.90 bits per heavy atom. The molecule has 0 bridgehead atoms. The number of carbonyl (C=O) groups is 2. The first-order valence-corrected chi connectivity index (χ1v) is 9.38. The van der Waals surface area contributed by atoms with Gasteiger partial charge in [-0.1, -0.05) is 60.7 Å². The van der Waals surface area contributed by atoms with Crippen LogP contribution in [0.1, 0.15) is 21.5 Å². The maximum atomic E-state index is 12.6. The maximum Gasteiger partial charge on any atom is 0.414 e. The van der Waals surface area contributed by atoms with Gasteiger partial charge in [-0.2, -0.15) is 0 Å². The van der Waals surface area contributed by atoms with Crippen molar-refractivity contribution < 1.29 is 14.3 Å². The van der Waals surface area contributed by atoms with Crippen LogP contribution in [0.25, 0.3) is 0 Å². The summed E-state index contributed by atoms with van der Waals surface area (Å²) in [4.78, 5) is 28.0. The van der Waals surface area contributed by atoms with Crippen molar-refractivity contribution in [2.75, 3.05) is 19.0 Å². The number of nitrogens with zero attached hydrogens (tertiary/aromatic N) is 2. The van der Waals surface area contributed by atoms with Crippen LogP contribution in [0.15, 0.2) is 84.9 Å². The third-order valence-electron chi connectivity index (χ3n) is 4.59. The zero-order valence-corrected chi connectivity index (χ0v) is 16.6. The first-order valence-electron chi connectivity index (χ1n) is 9.38. The fourth-order valence-corrected chi connectivity index (χ4v) is 2.90. The highest BCUT2D eigenvalue weighted by Crippen LogP contribution is 2.17. The van der Waals surface area contributed by atoms with Gasteiger partial charge in [-0.05, 0) is 35.4 Å². The molecule has 148 valence electrons. The molecule has 0 N–H and O–H groups in total. The lowest BCUT2D eigenvalue weighted by atomic mass is 10.1. The molecule has 0 aromatic heterocycles. The van der Waals surface area contributed by atoms with Crippen molar-refractivity contribution in [2.24, 2.45) is 0 Å². The largest absolute Gasteiger partial charge is 0.444 e. The molecule has 3 aromatic carbocycles. The molecule has 2 amide bonds. The lowest BCUT2D eigenvalue weighted by Crippen LogP contribution is -2.28. The van der Waals surface area contributed by atoms with Crippen molar-refractivity contribution >= 4 is 17.7 Å². The zero-order chi connectivity index (χ0) is 20.6. The highest BCUT2D eigenvalue weighted by molar-refractivity contribution is 5.95. The van der Waals surface area contributed by atoms with Crippen molar-refractivity contribution in [3.63, 3.8) is 0 Å². The van der Waals surface area contributed by atoms with Gasteiger partial charge in [-0.3, -0.25) is 9.69 Å². The number of hydrogen-bond acceptors (Lipinski definition) is 3. The number of amides is 2. The minimum atomic E-state index is -0.450. The molecule has 0 saturated heterocycles. The smallest absolute Gasteiger partial charge is 0.414 e. The van der Waals surface area contributed by atoms with E-state index in [1.54, 1.807) is 43.3 Å². The fraction of sp³-hybridized carbons (Fsp3) is 0.167. The average Bonchev–Trinajstić information content (AvgIpc) is 2.78. The summed E-state index contributed by atoms with van der Waals surface area (Å²) in [6.07, 6.45) is -0.450. The molecule has 5 heteroatoms. The van der Waals surface area contributed by atoms with Crippen molar-refractivity contribution in [3.8, 4) is 0 Å².